The number of ether oxygens (including phenoxy) is 2. The normalized spacial score (nSPS) is 12.2. The van der Waals surface area contributed by atoms with Crippen molar-refractivity contribution in [2.45, 2.75) is 130 Å². The Bertz CT molecular complexity index is 417. The van der Waals surface area contributed by atoms with Crippen molar-refractivity contribution in [2.24, 2.45) is 0 Å². The standard InChI is InChI=1S/C25H46O4/c1-4-6-7-8-9-10-11-12-13-14-15-16-17-18-22-28-24(26)20-21-25(27)29-23(3)19-5-2/h20-21,23H,4-19,22H2,1-3H3/b21-20+. The van der Waals surface area contributed by atoms with E-state index >= 15 is 0 Å². The van der Waals surface area contributed by atoms with E-state index in [1.54, 1.807) is 0 Å². The Morgan fingerprint density at radius 1 is 0.655 bits per heavy atom. The van der Waals surface area contributed by atoms with Crippen LogP contribution in [0.3, 0.4) is 0 Å². The molecule has 0 aromatic carbocycles. The molecule has 0 spiro atoms. The van der Waals surface area contributed by atoms with E-state index in [1.165, 1.54) is 77.0 Å². The van der Waals surface area contributed by atoms with E-state index in [9.17, 15) is 9.59 Å². The lowest BCUT2D eigenvalue weighted by molar-refractivity contribution is -0.143. The molecule has 4 heteroatoms. The molecule has 0 rings (SSSR count). The first-order valence-electron chi connectivity index (χ1n) is 12.2. The largest absolute Gasteiger partial charge is 0.463 e. The van der Waals surface area contributed by atoms with Gasteiger partial charge in [-0.1, -0.05) is 104 Å². The summed E-state index contributed by atoms with van der Waals surface area (Å²) in [6.07, 6.45) is 22.2. The predicted molar refractivity (Wildman–Crippen MR) is 121 cm³/mol. The van der Waals surface area contributed by atoms with Crippen LogP contribution in [0, 0.1) is 0 Å². The minimum absolute atomic E-state index is 0.122. The van der Waals surface area contributed by atoms with Crippen molar-refractivity contribution < 1.29 is 19.1 Å². The molecular formula is C25H46O4. The Morgan fingerprint density at radius 2 is 1.10 bits per heavy atom. The summed E-state index contributed by atoms with van der Waals surface area (Å²) in [5.74, 6) is -0.959. The van der Waals surface area contributed by atoms with Crippen molar-refractivity contribution in [1.29, 1.82) is 0 Å². The number of carbonyl (C=O) groups is 2. The highest BCUT2D eigenvalue weighted by Crippen LogP contribution is 2.13. The van der Waals surface area contributed by atoms with Crippen molar-refractivity contribution in [3.8, 4) is 0 Å². The molecule has 1 atom stereocenters. The summed E-state index contributed by atoms with van der Waals surface area (Å²) in [6, 6.07) is 0. The molecule has 0 saturated heterocycles. The molecule has 170 valence electrons. The van der Waals surface area contributed by atoms with Gasteiger partial charge in [-0.3, -0.25) is 0 Å². The van der Waals surface area contributed by atoms with Crippen molar-refractivity contribution in [2.75, 3.05) is 6.61 Å². The van der Waals surface area contributed by atoms with Crippen LogP contribution in [-0.2, 0) is 19.1 Å². The van der Waals surface area contributed by atoms with Crippen molar-refractivity contribution >= 4 is 11.9 Å². The number of hydrogen-bond acceptors (Lipinski definition) is 4. The highest BCUT2D eigenvalue weighted by Gasteiger charge is 2.06. The van der Waals surface area contributed by atoms with Gasteiger partial charge in [-0.2, -0.15) is 0 Å². The van der Waals surface area contributed by atoms with E-state index < -0.39 is 11.9 Å². The first-order valence-corrected chi connectivity index (χ1v) is 12.2. The second-order valence-electron chi connectivity index (χ2n) is 8.13. The topological polar surface area (TPSA) is 52.6 Å². The zero-order valence-corrected chi connectivity index (χ0v) is 19.4. The molecule has 0 N–H and O–H groups in total. The van der Waals surface area contributed by atoms with Gasteiger partial charge in [0.1, 0.15) is 0 Å². The molecule has 0 aromatic heterocycles. The number of esters is 2. The summed E-state index contributed by atoms with van der Waals surface area (Å²) in [6.45, 7) is 6.57. The summed E-state index contributed by atoms with van der Waals surface area (Å²) in [5, 5.41) is 0. The molecule has 0 aliphatic rings. The van der Waals surface area contributed by atoms with Crippen molar-refractivity contribution in [3.63, 3.8) is 0 Å². The quantitative estimate of drug-likeness (QED) is 0.120. The number of carbonyl (C=O) groups excluding carboxylic acids is 2. The molecule has 0 fully saturated rings. The van der Waals surface area contributed by atoms with Gasteiger partial charge >= 0.3 is 11.9 Å². The fourth-order valence-electron chi connectivity index (χ4n) is 3.36. The zero-order chi connectivity index (χ0) is 21.6. The van der Waals surface area contributed by atoms with Crippen LogP contribution < -0.4 is 0 Å². The molecule has 0 aromatic rings. The van der Waals surface area contributed by atoms with Gasteiger partial charge in [-0.15, -0.1) is 0 Å². The molecule has 1 unspecified atom stereocenters. The minimum atomic E-state index is -0.487. The highest BCUT2D eigenvalue weighted by atomic mass is 16.5. The van der Waals surface area contributed by atoms with Crippen molar-refractivity contribution in [1.82, 2.24) is 0 Å². The average Bonchev–Trinajstić information content (AvgIpc) is 2.69. The Kier molecular flexibility index (Phi) is 20.4. The van der Waals surface area contributed by atoms with Gasteiger partial charge in [0.15, 0.2) is 0 Å². The third-order valence-corrected chi connectivity index (χ3v) is 5.11. The van der Waals surface area contributed by atoms with Gasteiger partial charge in [-0.25, -0.2) is 9.59 Å². The van der Waals surface area contributed by atoms with Crippen LogP contribution in [0.25, 0.3) is 0 Å². The summed E-state index contributed by atoms with van der Waals surface area (Å²) in [4.78, 5) is 23.1. The first kappa shape index (κ1) is 27.7. The SMILES string of the molecule is CCCCCCCCCCCCCCCCOC(=O)/C=C/C(=O)OC(C)CCC. The molecule has 0 aliphatic heterocycles. The Labute approximate surface area is 179 Å². The van der Waals surface area contributed by atoms with Gasteiger partial charge in [0.05, 0.1) is 12.7 Å². The van der Waals surface area contributed by atoms with Gasteiger partial charge in [0, 0.05) is 12.2 Å². The molecule has 0 aliphatic carbocycles. The molecule has 0 radical (unpaired) electrons. The van der Waals surface area contributed by atoms with E-state index in [0.717, 1.165) is 37.8 Å². The lowest BCUT2D eigenvalue weighted by atomic mass is 10.0. The summed E-state index contributed by atoms with van der Waals surface area (Å²) < 4.78 is 10.3. The monoisotopic (exact) mass is 410 g/mol. The molecular weight excluding hydrogens is 364 g/mol. The van der Waals surface area contributed by atoms with E-state index in [1.807, 2.05) is 13.8 Å². The van der Waals surface area contributed by atoms with Crippen LogP contribution in [0.15, 0.2) is 12.2 Å². The minimum Gasteiger partial charge on any atom is -0.463 e. The predicted octanol–water partition coefficient (Wildman–Crippen LogP) is 7.30. The lowest BCUT2D eigenvalue weighted by Gasteiger charge is -2.09. The fourth-order valence-corrected chi connectivity index (χ4v) is 3.36. The maximum atomic E-state index is 11.6. The van der Waals surface area contributed by atoms with Crippen LogP contribution in [0.1, 0.15) is 124 Å². The molecule has 0 heterocycles. The average molecular weight is 411 g/mol. The fraction of sp³-hybridized carbons (Fsp3) is 0.840. The molecule has 4 nitrogen and oxygen atoms in total. The van der Waals surface area contributed by atoms with E-state index in [2.05, 4.69) is 6.92 Å². The smallest absolute Gasteiger partial charge is 0.331 e. The van der Waals surface area contributed by atoms with E-state index in [0.29, 0.717) is 6.61 Å². The van der Waals surface area contributed by atoms with E-state index in [4.69, 9.17) is 9.47 Å². The van der Waals surface area contributed by atoms with E-state index in [-0.39, 0.29) is 6.10 Å². The van der Waals surface area contributed by atoms with Gasteiger partial charge in [0.2, 0.25) is 0 Å². The molecule has 0 saturated carbocycles. The van der Waals surface area contributed by atoms with Crippen LogP contribution in [0.4, 0.5) is 0 Å². The summed E-state index contributed by atoms with van der Waals surface area (Å²) in [5.41, 5.74) is 0. The third-order valence-electron chi connectivity index (χ3n) is 5.11. The van der Waals surface area contributed by atoms with Crippen LogP contribution in [0.2, 0.25) is 0 Å². The Morgan fingerprint density at radius 3 is 1.59 bits per heavy atom. The van der Waals surface area contributed by atoms with Crippen molar-refractivity contribution in [3.05, 3.63) is 12.2 Å². The molecule has 0 bridgehead atoms. The van der Waals surface area contributed by atoms with Crippen LogP contribution in [-0.4, -0.2) is 24.6 Å². The lowest BCUT2D eigenvalue weighted by Crippen LogP contribution is -2.13. The number of rotatable bonds is 20. The molecule has 29 heavy (non-hydrogen) atoms. The Balaban J connectivity index is 3.38. The van der Waals surface area contributed by atoms with Gasteiger partial charge < -0.3 is 9.47 Å². The summed E-state index contributed by atoms with van der Waals surface area (Å²) >= 11 is 0. The summed E-state index contributed by atoms with van der Waals surface area (Å²) in [7, 11) is 0. The highest BCUT2D eigenvalue weighted by molar-refractivity contribution is 5.91. The van der Waals surface area contributed by atoms with Crippen LogP contribution >= 0.6 is 0 Å². The maximum absolute atomic E-state index is 11.6. The second kappa shape index (κ2) is 21.4. The third kappa shape index (κ3) is 21.2. The molecule has 0 amide bonds. The maximum Gasteiger partial charge on any atom is 0.331 e. The van der Waals surface area contributed by atoms with Gasteiger partial charge in [-0.05, 0) is 19.8 Å². The second-order valence-corrected chi connectivity index (χ2v) is 8.13. The first-order chi connectivity index (χ1) is 14.1. The van der Waals surface area contributed by atoms with Crippen LogP contribution in [0.5, 0.6) is 0 Å². The van der Waals surface area contributed by atoms with Gasteiger partial charge in [0.25, 0.3) is 0 Å². The zero-order valence-electron chi connectivity index (χ0n) is 19.4. The Hall–Kier alpha value is -1.32. The number of unbranched alkanes of at least 4 members (excludes halogenated alkanes) is 13. The number of hydrogen-bond donors (Lipinski definition) is 0.